The SMILES string of the molecule is CCCC1(c2ccc(-c3ccccc3)cc2)OC(=O)C(O)=C1O. The first-order valence-corrected chi connectivity index (χ1v) is 7.60. The predicted octanol–water partition coefficient (Wildman–Crippen LogP) is 4.23. The third kappa shape index (κ3) is 2.46. The molecule has 0 amide bonds. The quantitative estimate of drug-likeness (QED) is 0.829. The normalized spacial score (nSPS) is 20.7. The number of benzene rings is 2. The summed E-state index contributed by atoms with van der Waals surface area (Å²) < 4.78 is 5.33. The maximum Gasteiger partial charge on any atom is 0.378 e. The zero-order chi connectivity index (χ0) is 16.4. The van der Waals surface area contributed by atoms with Crippen LogP contribution in [0.1, 0.15) is 25.3 Å². The van der Waals surface area contributed by atoms with Gasteiger partial charge in [0.05, 0.1) is 0 Å². The van der Waals surface area contributed by atoms with Gasteiger partial charge in [0.25, 0.3) is 0 Å². The molecule has 0 fully saturated rings. The lowest BCUT2D eigenvalue weighted by molar-refractivity contribution is -0.151. The van der Waals surface area contributed by atoms with Crippen LogP contribution in [0, 0.1) is 0 Å². The Bertz CT molecular complexity index is 747. The van der Waals surface area contributed by atoms with E-state index < -0.39 is 23.1 Å². The lowest BCUT2D eigenvalue weighted by atomic mass is 9.86. The van der Waals surface area contributed by atoms with Gasteiger partial charge in [-0.15, -0.1) is 0 Å². The lowest BCUT2D eigenvalue weighted by Gasteiger charge is -2.28. The van der Waals surface area contributed by atoms with E-state index in [2.05, 4.69) is 0 Å². The van der Waals surface area contributed by atoms with Gasteiger partial charge in [0.1, 0.15) is 0 Å². The molecule has 23 heavy (non-hydrogen) atoms. The highest BCUT2D eigenvalue weighted by Gasteiger charge is 2.49. The third-order valence-electron chi connectivity index (χ3n) is 4.13. The highest BCUT2D eigenvalue weighted by Crippen LogP contribution is 2.43. The number of carbonyl (C=O) groups is 1. The van der Waals surface area contributed by atoms with Crippen molar-refractivity contribution in [3.05, 3.63) is 71.7 Å². The minimum absolute atomic E-state index is 0.402. The summed E-state index contributed by atoms with van der Waals surface area (Å²) in [4.78, 5) is 11.6. The van der Waals surface area contributed by atoms with Gasteiger partial charge in [0, 0.05) is 5.56 Å². The van der Waals surface area contributed by atoms with Gasteiger partial charge in [-0.2, -0.15) is 0 Å². The van der Waals surface area contributed by atoms with Crippen LogP contribution in [0.3, 0.4) is 0 Å². The Kier molecular flexibility index (Phi) is 3.82. The van der Waals surface area contributed by atoms with Gasteiger partial charge in [0.15, 0.2) is 11.4 Å². The summed E-state index contributed by atoms with van der Waals surface area (Å²) in [7, 11) is 0. The molecule has 0 saturated heterocycles. The summed E-state index contributed by atoms with van der Waals surface area (Å²) in [6.07, 6.45) is 1.09. The molecule has 1 unspecified atom stereocenters. The highest BCUT2D eigenvalue weighted by molar-refractivity contribution is 5.90. The van der Waals surface area contributed by atoms with Crippen LogP contribution in [-0.4, -0.2) is 16.2 Å². The van der Waals surface area contributed by atoms with Gasteiger partial charge >= 0.3 is 5.97 Å². The van der Waals surface area contributed by atoms with Crippen molar-refractivity contribution in [1.29, 1.82) is 0 Å². The molecular weight excluding hydrogens is 292 g/mol. The van der Waals surface area contributed by atoms with Crippen molar-refractivity contribution in [3.63, 3.8) is 0 Å². The molecule has 0 aliphatic carbocycles. The van der Waals surface area contributed by atoms with E-state index in [1.165, 1.54) is 0 Å². The first-order chi connectivity index (χ1) is 11.1. The van der Waals surface area contributed by atoms with Crippen LogP contribution in [0.4, 0.5) is 0 Å². The van der Waals surface area contributed by atoms with E-state index in [1.54, 1.807) is 0 Å². The van der Waals surface area contributed by atoms with Gasteiger partial charge in [-0.05, 0) is 17.5 Å². The molecule has 4 nitrogen and oxygen atoms in total. The van der Waals surface area contributed by atoms with E-state index in [0.717, 1.165) is 11.1 Å². The lowest BCUT2D eigenvalue weighted by Crippen LogP contribution is -2.29. The first kappa shape index (κ1) is 15.2. The molecule has 118 valence electrons. The molecule has 0 saturated carbocycles. The molecule has 3 rings (SSSR count). The molecule has 0 bridgehead atoms. The van der Waals surface area contributed by atoms with E-state index in [4.69, 9.17) is 4.74 Å². The molecule has 1 heterocycles. The number of rotatable bonds is 4. The second-order valence-corrected chi connectivity index (χ2v) is 5.61. The predicted molar refractivity (Wildman–Crippen MR) is 86.8 cm³/mol. The molecule has 4 heteroatoms. The Morgan fingerprint density at radius 3 is 2.09 bits per heavy atom. The molecule has 1 aliphatic heterocycles. The maximum absolute atomic E-state index is 11.6. The molecule has 2 aromatic rings. The number of hydrogen-bond acceptors (Lipinski definition) is 4. The van der Waals surface area contributed by atoms with Crippen molar-refractivity contribution in [2.45, 2.75) is 25.4 Å². The Morgan fingerprint density at radius 2 is 1.57 bits per heavy atom. The van der Waals surface area contributed by atoms with E-state index in [-0.39, 0.29) is 0 Å². The minimum Gasteiger partial charge on any atom is -0.505 e. The van der Waals surface area contributed by atoms with E-state index in [1.807, 2.05) is 61.5 Å². The first-order valence-electron chi connectivity index (χ1n) is 7.60. The smallest absolute Gasteiger partial charge is 0.378 e. The molecule has 1 aliphatic rings. The fraction of sp³-hybridized carbons (Fsp3) is 0.211. The van der Waals surface area contributed by atoms with Gasteiger partial charge in [0.2, 0.25) is 5.76 Å². The van der Waals surface area contributed by atoms with Crippen LogP contribution in [0.15, 0.2) is 66.1 Å². The summed E-state index contributed by atoms with van der Waals surface area (Å²) in [6, 6.07) is 17.4. The second kappa shape index (κ2) is 5.80. The van der Waals surface area contributed by atoms with Gasteiger partial charge in [-0.3, -0.25) is 0 Å². The Hall–Kier alpha value is -2.75. The average molecular weight is 310 g/mol. The van der Waals surface area contributed by atoms with Crippen LogP contribution >= 0.6 is 0 Å². The number of esters is 1. The van der Waals surface area contributed by atoms with E-state index in [9.17, 15) is 15.0 Å². The van der Waals surface area contributed by atoms with Crippen molar-refractivity contribution in [1.82, 2.24) is 0 Å². The average Bonchev–Trinajstić information content (AvgIpc) is 2.81. The van der Waals surface area contributed by atoms with Crippen LogP contribution < -0.4 is 0 Å². The van der Waals surface area contributed by atoms with Crippen molar-refractivity contribution in [3.8, 4) is 11.1 Å². The van der Waals surface area contributed by atoms with Crippen molar-refractivity contribution in [2.75, 3.05) is 0 Å². The van der Waals surface area contributed by atoms with Gasteiger partial charge in [-0.25, -0.2) is 4.79 Å². The molecule has 2 aromatic carbocycles. The summed E-state index contributed by atoms with van der Waals surface area (Å²) >= 11 is 0. The monoisotopic (exact) mass is 310 g/mol. The zero-order valence-corrected chi connectivity index (χ0v) is 12.8. The summed E-state index contributed by atoms with van der Waals surface area (Å²) in [5, 5.41) is 19.9. The number of carbonyl (C=O) groups excluding carboxylic acids is 1. The number of ether oxygens (including phenoxy) is 1. The summed E-state index contributed by atoms with van der Waals surface area (Å²) in [5.41, 5.74) is 1.46. The topological polar surface area (TPSA) is 66.8 Å². The minimum atomic E-state index is -1.29. The standard InChI is InChI=1S/C19H18O4/c1-2-12-19(17(21)16(20)18(22)23-19)15-10-8-14(9-11-15)13-6-4-3-5-7-13/h3-11,20-21H,2,12H2,1H3. The largest absolute Gasteiger partial charge is 0.505 e. The molecular formula is C19H18O4. The van der Waals surface area contributed by atoms with Crippen molar-refractivity contribution in [2.24, 2.45) is 0 Å². The Labute approximate surface area is 134 Å². The van der Waals surface area contributed by atoms with Crippen LogP contribution in [-0.2, 0) is 15.1 Å². The number of hydrogen-bond donors (Lipinski definition) is 2. The fourth-order valence-electron chi connectivity index (χ4n) is 2.97. The zero-order valence-electron chi connectivity index (χ0n) is 12.8. The molecule has 0 aromatic heterocycles. The van der Waals surface area contributed by atoms with E-state index in [0.29, 0.717) is 18.4 Å². The van der Waals surface area contributed by atoms with Gasteiger partial charge < -0.3 is 14.9 Å². The molecule has 0 spiro atoms. The summed E-state index contributed by atoms with van der Waals surface area (Å²) in [6.45, 7) is 1.93. The fourth-order valence-corrected chi connectivity index (χ4v) is 2.97. The number of aliphatic hydroxyl groups is 2. The van der Waals surface area contributed by atoms with E-state index >= 15 is 0 Å². The third-order valence-corrected chi connectivity index (χ3v) is 4.13. The van der Waals surface area contributed by atoms with Crippen LogP contribution in [0.5, 0.6) is 0 Å². The van der Waals surface area contributed by atoms with Crippen LogP contribution in [0.25, 0.3) is 11.1 Å². The number of cyclic esters (lactones) is 1. The Morgan fingerprint density at radius 1 is 0.957 bits per heavy atom. The summed E-state index contributed by atoms with van der Waals surface area (Å²) in [5.74, 6) is -1.99. The Balaban J connectivity index is 2.01. The van der Waals surface area contributed by atoms with Crippen molar-refractivity contribution >= 4 is 5.97 Å². The molecule has 0 radical (unpaired) electrons. The maximum atomic E-state index is 11.6. The molecule has 1 atom stereocenters. The second-order valence-electron chi connectivity index (χ2n) is 5.61. The van der Waals surface area contributed by atoms with Gasteiger partial charge in [-0.1, -0.05) is 67.9 Å². The number of aliphatic hydroxyl groups excluding tert-OH is 2. The highest BCUT2D eigenvalue weighted by atomic mass is 16.6. The van der Waals surface area contributed by atoms with Crippen molar-refractivity contribution < 1.29 is 19.7 Å². The molecule has 2 N–H and O–H groups in total. The van der Waals surface area contributed by atoms with Crippen LogP contribution in [0.2, 0.25) is 0 Å².